The van der Waals surface area contributed by atoms with Crippen LogP contribution >= 0.6 is 0 Å². The van der Waals surface area contributed by atoms with Crippen LogP contribution in [-0.4, -0.2) is 0 Å². The molecule has 0 saturated heterocycles. The van der Waals surface area contributed by atoms with Crippen LogP contribution in [0.4, 0.5) is 0 Å². The molecule has 6 rings (SSSR count). The molecule has 3 heteroatoms. The topological polar surface area (TPSA) is 0 Å². The molecule has 0 saturated carbocycles. The van der Waals surface area contributed by atoms with Crippen LogP contribution in [0.1, 0.15) is 11.1 Å². The molecule has 0 N–H and O–H groups in total. The number of halogens is 2. The van der Waals surface area contributed by atoms with E-state index in [4.69, 9.17) is 0 Å². The van der Waals surface area contributed by atoms with Crippen molar-refractivity contribution in [3.8, 4) is 22.3 Å². The van der Waals surface area contributed by atoms with Gasteiger partial charge in [-0.2, -0.15) is 46.5 Å². The normalized spacial score (nSPS) is 9.89. The first-order valence-corrected chi connectivity index (χ1v) is 11.1. The smallest absolute Gasteiger partial charge is 1.00 e. The summed E-state index contributed by atoms with van der Waals surface area (Å²) in [6.45, 7) is 4.27. The third kappa shape index (κ3) is 6.42. The van der Waals surface area contributed by atoms with Gasteiger partial charge < -0.3 is 24.8 Å². The SMILES string of the molecule is Cc1cc(-c2cccc3ccccc23)c[cH-]1.Cc1cc(-c2cccc3ccccc23)c[cH-]1.[Cl-].[Cl-].[Zr+4]. The average molecular weight is 573 g/mol. The van der Waals surface area contributed by atoms with Crippen molar-refractivity contribution in [3.63, 3.8) is 0 Å². The van der Waals surface area contributed by atoms with Gasteiger partial charge in [0.15, 0.2) is 0 Å². The zero-order chi connectivity index (χ0) is 21.9. The fraction of sp³-hybridized carbons (Fsp3) is 0.0625. The van der Waals surface area contributed by atoms with Gasteiger partial charge in [-0.15, -0.1) is 0 Å². The van der Waals surface area contributed by atoms with E-state index in [1.165, 1.54) is 54.9 Å². The molecule has 0 amide bonds. The second kappa shape index (κ2) is 13.0. The van der Waals surface area contributed by atoms with Gasteiger partial charge in [0, 0.05) is 0 Å². The monoisotopic (exact) mass is 570 g/mol. The summed E-state index contributed by atoms with van der Waals surface area (Å²) in [4.78, 5) is 0. The molecule has 0 aliphatic heterocycles. The van der Waals surface area contributed by atoms with Crippen LogP contribution < -0.4 is 24.8 Å². The maximum atomic E-state index is 2.24. The molecule has 35 heavy (non-hydrogen) atoms. The molecule has 0 radical (unpaired) electrons. The van der Waals surface area contributed by atoms with E-state index in [1.807, 2.05) is 0 Å². The van der Waals surface area contributed by atoms with E-state index < -0.39 is 0 Å². The van der Waals surface area contributed by atoms with Crippen LogP contribution in [0.5, 0.6) is 0 Å². The molecule has 0 fully saturated rings. The van der Waals surface area contributed by atoms with Crippen LogP contribution in [0.15, 0.2) is 121 Å². The number of hydrogen-bond donors (Lipinski definition) is 0. The van der Waals surface area contributed by atoms with Gasteiger partial charge in [0.25, 0.3) is 0 Å². The Balaban J connectivity index is 0.000000227. The number of benzene rings is 4. The van der Waals surface area contributed by atoms with E-state index in [0.717, 1.165) is 0 Å². The summed E-state index contributed by atoms with van der Waals surface area (Å²) in [5.41, 5.74) is 7.92. The largest absolute Gasteiger partial charge is 4.00 e. The van der Waals surface area contributed by atoms with E-state index in [9.17, 15) is 0 Å². The first-order chi connectivity index (χ1) is 15.7. The summed E-state index contributed by atoms with van der Waals surface area (Å²) < 4.78 is 0. The summed E-state index contributed by atoms with van der Waals surface area (Å²) in [6.07, 6.45) is 0. The van der Waals surface area contributed by atoms with E-state index in [1.54, 1.807) is 0 Å². The van der Waals surface area contributed by atoms with Crippen molar-refractivity contribution in [2.24, 2.45) is 0 Å². The van der Waals surface area contributed by atoms with Gasteiger partial charge in [0.1, 0.15) is 0 Å². The van der Waals surface area contributed by atoms with Crippen LogP contribution in [0, 0.1) is 13.8 Å². The average Bonchev–Trinajstić information content (AvgIpc) is 3.47. The Morgan fingerprint density at radius 3 is 1.23 bits per heavy atom. The second-order valence-electron chi connectivity index (χ2n) is 8.41. The Morgan fingerprint density at radius 2 is 0.857 bits per heavy atom. The van der Waals surface area contributed by atoms with Crippen molar-refractivity contribution in [1.29, 1.82) is 0 Å². The summed E-state index contributed by atoms with van der Waals surface area (Å²) >= 11 is 0. The van der Waals surface area contributed by atoms with Crippen LogP contribution in [-0.2, 0) is 26.2 Å². The molecular formula is C32H26Cl2Zr. The second-order valence-corrected chi connectivity index (χ2v) is 8.41. The molecule has 0 aliphatic rings. The Bertz CT molecular complexity index is 1380. The molecule has 0 nitrogen and oxygen atoms in total. The third-order valence-corrected chi connectivity index (χ3v) is 6.02. The van der Waals surface area contributed by atoms with Gasteiger partial charge in [-0.3, -0.25) is 0 Å². The minimum atomic E-state index is 0. The number of hydrogen-bond acceptors (Lipinski definition) is 0. The van der Waals surface area contributed by atoms with Gasteiger partial charge in [-0.25, -0.2) is 12.1 Å². The quantitative estimate of drug-likeness (QED) is 0.280. The van der Waals surface area contributed by atoms with Crippen molar-refractivity contribution < 1.29 is 51.0 Å². The zero-order valence-electron chi connectivity index (χ0n) is 19.8. The van der Waals surface area contributed by atoms with Crippen molar-refractivity contribution in [2.75, 3.05) is 0 Å². The van der Waals surface area contributed by atoms with E-state index >= 15 is 0 Å². The molecule has 0 spiro atoms. The molecular weight excluding hydrogens is 546 g/mol. The molecule has 0 heterocycles. The predicted molar refractivity (Wildman–Crippen MR) is 139 cm³/mol. The van der Waals surface area contributed by atoms with E-state index in [0.29, 0.717) is 0 Å². The van der Waals surface area contributed by atoms with Crippen molar-refractivity contribution in [2.45, 2.75) is 13.8 Å². The molecule has 0 aromatic heterocycles. The van der Waals surface area contributed by atoms with Gasteiger partial charge in [0.2, 0.25) is 0 Å². The van der Waals surface area contributed by atoms with E-state index in [-0.39, 0.29) is 51.0 Å². The molecule has 0 aliphatic carbocycles. The zero-order valence-corrected chi connectivity index (χ0v) is 23.8. The third-order valence-electron chi connectivity index (χ3n) is 6.02. The van der Waals surface area contributed by atoms with Gasteiger partial charge in [-0.1, -0.05) is 110 Å². The maximum absolute atomic E-state index is 2.24. The van der Waals surface area contributed by atoms with Crippen molar-refractivity contribution in [1.82, 2.24) is 0 Å². The van der Waals surface area contributed by atoms with Crippen molar-refractivity contribution >= 4 is 21.5 Å². The summed E-state index contributed by atoms with van der Waals surface area (Å²) in [5.74, 6) is 0. The fourth-order valence-electron chi connectivity index (χ4n) is 4.41. The molecule has 0 atom stereocenters. The Hall–Kier alpha value is -2.44. The molecule has 0 bridgehead atoms. The number of fused-ring (bicyclic) bond motifs is 2. The van der Waals surface area contributed by atoms with Gasteiger partial charge in [-0.05, 0) is 21.5 Å². The molecule has 172 valence electrons. The summed E-state index contributed by atoms with van der Waals surface area (Å²) in [7, 11) is 0. The first-order valence-electron chi connectivity index (χ1n) is 11.1. The number of rotatable bonds is 2. The van der Waals surface area contributed by atoms with E-state index in [2.05, 4.69) is 135 Å². The Morgan fingerprint density at radius 1 is 0.486 bits per heavy atom. The van der Waals surface area contributed by atoms with Crippen LogP contribution in [0.3, 0.4) is 0 Å². The standard InChI is InChI=1S/2C16H13.2ClH.Zr/c2*1-12-9-10-14(11-12)16-8-4-6-13-5-2-3-7-15(13)16;;;/h2*2-11H,1H3;2*1H;/q2*-1;;;+4/p-2. The minimum Gasteiger partial charge on any atom is -1.00 e. The first kappa shape index (κ1) is 28.8. The molecule has 6 aromatic carbocycles. The summed E-state index contributed by atoms with van der Waals surface area (Å²) in [5, 5.41) is 5.27. The van der Waals surface area contributed by atoms with Gasteiger partial charge >= 0.3 is 26.2 Å². The fourth-order valence-corrected chi connectivity index (χ4v) is 4.41. The summed E-state index contributed by atoms with van der Waals surface area (Å²) in [6, 6.07) is 43.2. The molecule has 6 aromatic rings. The van der Waals surface area contributed by atoms with Crippen LogP contribution in [0.2, 0.25) is 0 Å². The Kier molecular flexibility index (Phi) is 10.7. The predicted octanol–water partition coefficient (Wildman–Crippen LogP) is 3.07. The number of aryl methyl sites for hydroxylation is 2. The van der Waals surface area contributed by atoms with Crippen molar-refractivity contribution in [3.05, 3.63) is 132 Å². The Labute approximate surface area is 239 Å². The van der Waals surface area contributed by atoms with Gasteiger partial charge in [0.05, 0.1) is 0 Å². The maximum Gasteiger partial charge on any atom is 4.00 e. The minimum absolute atomic E-state index is 0. The molecule has 0 unspecified atom stereocenters. The van der Waals surface area contributed by atoms with Crippen LogP contribution in [0.25, 0.3) is 43.8 Å².